The van der Waals surface area contributed by atoms with Gasteiger partial charge in [-0.25, -0.2) is 9.97 Å². The van der Waals surface area contributed by atoms with Gasteiger partial charge in [0.25, 0.3) is 0 Å². The third-order valence-corrected chi connectivity index (χ3v) is 7.03. The molecule has 0 atom stereocenters. The molecular formula is C21H25N5OS2. The van der Waals surface area contributed by atoms with Crippen LogP contribution in [0.5, 0.6) is 0 Å². The number of fused-ring (bicyclic) bond motifs is 1. The summed E-state index contributed by atoms with van der Waals surface area (Å²) < 4.78 is 2.04. The Labute approximate surface area is 179 Å². The summed E-state index contributed by atoms with van der Waals surface area (Å²) in [5.41, 5.74) is 4.60. The Morgan fingerprint density at radius 3 is 3.03 bits per heavy atom. The number of aromatic nitrogens is 3. The van der Waals surface area contributed by atoms with Gasteiger partial charge in [0.2, 0.25) is 5.91 Å². The third-order valence-electron chi connectivity index (χ3n) is 5.07. The molecule has 1 aliphatic rings. The molecule has 29 heavy (non-hydrogen) atoms. The van der Waals surface area contributed by atoms with Gasteiger partial charge in [0.05, 0.1) is 17.1 Å². The number of thiazole rings is 1. The Morgan fingerprint density at radius 1 is 1.34 bits per heavy atom. The van der Waals surface area contributed by atoms with Crippen LogP contribution in [-0.4, -0.2) is 44.2 Å². The first-order valence-corrected chi connectivity index (χ1v) is 11.6. The van der Waals surface area contributed by atoms with Gasteiger partial charge in [0, 0.05) is 36.8 Å². The number of aryl methyl sites for hydroxylation is 2. The van der Waals surface area contributed by atoms with Gasteiger partial charge in [-0.1, -0.05) is 30.8 Å². The van der Waals surface area contributed by atoms with Crippen molar-refractivity contribution >= 4 is 34.1 Å². The van der Waals surface area contributed by atoms with Crippen LogP contribution in [0.2, 0.25) is 0 Å². The molecule has 1 aliphatic heterocycles. The number of carbonyl (C=O) groups is 1. The van der Waals surface area contributed by atoms with Crippen LogP contribution in [0.3, 0.4) is 0 Å². The predicted octanol–water partition coefficient (Wildman–Crippen LogP) is 4.05. The van der Waals surface area contributed by atoms with E-state index < -0.39 is 0 Å². The van der Waals surface area contributed by atoms with Crippen molar-refractivity contribution in [3.63, 3.8) is 0 Å². The summed E-state index contributed by atoms with van der Waals surface area (Å²) in [6.07, 6.45) is 4.67. The first-order chi connectivity index (χ1) is 14.0. The number of rotatable bonds is 6. The van der Waals surface area contributed by atoms with Crippen LogP contribution < -0.4 is 5.32 Å². The molecule has 0 unspecified atom stereocenters. The van der Waals surface area contributed by atoms with Crippen molar-refractivity contribution in [2.45, 2.75) is 38.9 Å². The van der Waals surface area contributed by atoms with Gasteiger partial charge in [0.15, 0.2) is 10.3 Å². The molecule has 2 aromatic heterocycles. The number of hydrogen-bond acceptors (Lipinski definition) is 6. The molecule has 8 heteroatoms. The molecule has 0 bridgehead atoms. The largest absolute Gasteiger partial charge is 0.301 e. The number of amides is 1. The predicted molar refractivity (Wildman–Crippen MR) is 119 cm³/mol. The molecule has 0 radical (unpaired) electrons. The fourth-order valence-corrected chi connectivity index (χ4v) is 5.25. The fourth-order valence-electron chi connectivity index (χ4n) is 3.42. The highest BCUT2D eigenvalue weighted by molar-refractivity contribution is 7.99. The molecule has 4 rings (SSSR count). The van der Waals surface area contributed by atoms with Gasteiger partial charge in [-0.05, 0) is 37.6 Å². The molecule has 3 heterocycles. The van der Waals surface area contributed by atoms with Crippen LogP contribution >= 0.6 is 23.1 Å². The summed E-state index contributed by atoms with van der Waals surface area (Å²) in [4.78, 5) is 25.2. The highest BCUT2D eigenvalue weighted by Crippen LogP contribution is 2.29. The maximum atomic E-state index is 12.5. The van der Waals surface area contributed by atoms with Crippen molar-refractivity contribution in [3.8, 4) is 5.69 Å². The van der Waals surface area contributed by atoms with Gasteiger partial charge in [0.1, 0.15) is 0 Å². The fraction of sp³-hybridized carbons (Fsp3) is 0.381. The summed E-state index contributed by atoms with van der Waals surface area (Å²) in [5, 5.41) is 4.48. The Balaban J connectivity index is 1.40. The zero-order valence-corrected chi connectivity index (χ0v) is 18.6. The zero-order valence-electron chi connectivity index (χ0n) is 16.9. The first kappa shape index (κ1) is 20.1. The van der Waals surface area contributed by atoms with E-state index in [2.05, 4.69) is 59.2 Å². The average Bonchev–Trinajstić information content (AvgIpc) is 3.33. The van der Waals surface area contributed by atoms with E-state index in [1.165, 1.54) is 27.8 Å². The van der Waals surface area contributed by atoms with E-state index in [1.54, 1.807) is 17.5 Å². The van der Waals surface area contributed by atoms with Crippen LogP contribution in [0.4, 0.5) is 5.13 Å². The average molecular weight is 428 g/mol. The minimum absolute atomic E-state index is 0.0519. The normalized spacial score (nSPS) is 14.0. The molecule has 0 saturated carbocycles. The smallest absolute Gasteiger partial charge is 0.236 e. The van der Waals surface area contributed by atoms with Crippen molar-refractivity contribution in [2.75, 3.05) is 24.2 Å². The molecule has 1 aromatic carbocycles. The number of anilines is 1. The lowest BCUT2D eigenvalue weighted by atomic mass is 10.1. The molecule has 0 saturated heterocycles. The number of likely N-dealkylation sites (N-methyl/N-ethyl adjacent to an activating group) is 1. The minimum atomic E-state index is -0.0519. The van der Waals surface area contributed by atoms with E-state index in [0.717, 1.165) is 42.6 Å². The van der Waals surface area contributed by atoms with Gasteiger partial charge < -0.3 is 5.32 Å². The Bertz CT molecular complexity index is 1030. The standard InChI is InChI=1S/C21H25N5OS2/c1-4-25-9-7-16-18(12-25)29-20(23-16)24-19(27)13-28-21-22-8-10-26(21)17-11-14(2)5-6-15(17)3/h5-6,8,10-11H,4,7,9,12-13H2,1-3H3,(H,23,24,27). The van der Waals surface area contributed by atoms with Crippen molar-refractivity contribution in [1.82, 2.24) is 19.4 Å². The van der Waals surface area contributed by atoms with Crippen LogP contribution in [0.1, 0.15) is 28.6 Å². The third kappa shape index (κ3) is 4.55. The molecule has 0 fully saturated rings. The number of nitrogens with zero attached hydrogens (tertiary/aromatic N) is 4. The van der Waals surface area contributed by atoms with E-state index in [-0.39, 0.29) is 5.91 Å². The maximum Gasteiger partial charge on any atom is 0.236 e. The van der Waals surface area contributed by atoms with E-state index in [9.17, 15) is 4.79 Å². The SMILES string of the molecule is CCN1CCc2nc(NC(=O)CSc3nccn3-c3cc(C)ccc3C)sc2C1. The quantitative estimate of drug-likeness (QED) is 0.601. The van der Waals surface area contributed by atoms with Gasteiger partial charge in [-0.3, -0.25) is 14.3 Å². The summed E-state index contributed by atoms with van der Waals surface area (Å²) in [7, 11) is 0. The van der Waals surface area contributed by atoms with Crippen molar-refractivity contribution in [1.29, 1.82) is 0 Å². The lowest BCUT2D eigenvalue weighted by Crippen LogP contribution is -2.29. The topological polar surface area (TPSA) is 63.1 Å². The second-order valence-electron chi connectivity index (χ2n) is 7.21. The summed E-state index contributed by atoms with van der Waals surface area (Å²) >= 11 is 3.03. The molecule has 6 nitrogen and oxygen atoms in total. The maximum absolute atomic E-state index is 12.5. The monoisotopic (exact) mass is 427 g/mol. The van der Waals surface area contributed by atoms with Crippen molar-refractivity contribution in [3.05, 3.63) is 52.3 Å². The van der Waals surface area contributed by atoms with E-state index >= 15 is 0 Å². The van der Waals surface area contributed by atoms with E-state index in [0.29, 0.717) is 10.9 Å². The number of thioether (sulfide) groups is 1. The van der Waals surface area contributed by atoms with Crippen molar-refractivity contribution < 1.29 is 4.79 Å². The molecule has 1 N–H and O–H groups in total. The highest BCUT2D eigenvalue weighted by Gasteiger charge is 2.20. The zero-order chi connectivity index (χ0) is 20.4. The molecular weight excluding hydrogens is 402 g/mol. The number of benzene rings is 1. The van der Waals surface area contributed by atoms with E-state index in [1.807, 2.05) is 10.8 Å². The van der Waals surface area contributed by atoms with Crippen LogP contribution in [0.15, 0.2) is 35.7 Å². The Morgan fingerprint density at radius 2 is 2.21 bits per heavy atom. The number of hydrogen-bond donors (Lipinski definition) is 1. The first-order valence-electron chi connectivity index (χ1n) is 9.78. The number of carbonyl (C=O) groups excluding carboxylic acids is 1. The number of imidazole rings is 1. The molecule has 3 aromatic rings. The van der Waals surface area contributed by atoms with Crippen LogP contribution in [0.25, 0.3) is 5.69 Å². The second-order valence-corrected chi connectivity index (χ2v) is 9.24. The van der Waals surface area contributed by atoms with Crippen LogP contribution in [-0.2, 0) is 17.8 Å². The Kier molecular flexibility index (Phi) is 6.03. The summed E-state index contributed by atoms with van der Waals surface area (Å²) in [6, 6.07) is 6.35. The van der Waals surface area contributed by atoms with Crippen LogP contribution in [0, 0.1) is 13.8 Å². The highest BCUT2D eigenvalue weighted by atomic mass is 32.2. The summed E-state index contributed by atoms with van der Waals surface area (Å²) in [5.74, 6) is 0.247. The molecule has 0 spiro atoms. The summed E-state index contributed by atoms with van der Waals surface area (Å²) in [6.45, 7) is 9.35. The van der Waals surface area contributed by atoms with Crippen molar-refractivity contribution in [2.24, 2.45) is 0 Å². The minimum Gasteiger partial charge on any atom is -0.301 e. The lowest BCUT2D eigenvalue weighted by Gasteiger charge is -2.23. The van der Waals surface area contributed by atoms with Gasteiger partial charge in [-0.15, -0.1) is 11.3 Å². The molecule has 0 aliphatic carbocycles. The van der Waals surface area contributed by atoms with Gasteiger partial charge >= 0.3 is 0 Å². The molecule has 152 valence electrons. The Hall–Kier alpha value is -2.16. The number of nitrogens with one attached hydrogen (secondary N) is 1. The van der Waals surface area contributed by atoms with E-state index in [4.69, 9.17) is 0 Å². The lowest BCUT2D eigenvalue weighted by molar-refractivity contribution is -0.113. The second kappa shape index (κ2) is 8.69. The molecule has 1 amide bonds. The van der Waals surface area contributed by atoms with Gasteiger partial charge in [-0.2, -0.15) is 0 Å².